The molecule has 2 nitrogen and oxygen atoms in total. The van der Waals surface area contributed by atoms with Crippen molar-refractivity contribution in [2.75, 3.05) is 9.71 Å². The van der Waals surface area contributed by atoms with E-state index in [4.69, 9.17) is 0 Å². The number of hydrogen-bond acceptors (Lipinski definition) is 2. The van der Waals surface area contributed by atoms with Crippen LogP contribution < -0.4 is 20.6 Å². The molecule has 0 amide bonds. The maximum absolute atomic E-state index is 2.89. The van der Waals surface area contributed by atoms with Crippen molar-refractivity contribution in [3.63, 3.8) is 0 Å². The average molecular weight is 725 g/mol. The predicted molar refractivity (Wildman–Crippen MR) is 239 cm³/mol. The molecule has 1 fully saturated rings. The van der Waals surface area contributed by atoms with Crippen molar-refractivity contribution in [1.29, 1.82) is 0 Å². The lowest BCUT2D eigenvalue weighted by atomic mass is 9.43. The minimum Gasteiger partial charge on any atom is -0.376 e. The highest BCUT2D eigenvalue weighted by Gasteiger charge is 2.62. The Hall–Kier alpha value is -4.24. The number of benzene rings is 5. The second-order valence-corrected chi connectivity index (χ2v) is 21.1. The van der Waals surface area contributed by atoms with Crippen LogP contribution in [0.3, 0.4) is 0 Å². The molecule has 55 heavy (non-hydrogen) atoms. The van der Waals surface area contributed by atoms with E-state index in [1.54, 1.807) is 5.56 Å². The summed E-state index contributed by atoms with van der Waals surface area (Å²) in [7, 11) is 0. The van der Waals surface area contributed by atoms with E-state index in [0.717, 1.165) is 0 Å². The third-order valence-electron chi connectivity index (χ3n) is 14.5. The summed E-state index contributed by atoms with van der Waals surface area (Å²) in [5.74, 6) is 0. The van der Waals surface area contributed by atoms with Crippen LogP contribution >= 0.6 is 0 Å². The highest BCUT2D eigenvalue weighted by Crippen LogP contribution is 2.63. The van der Waals surface area contributed by atoms with Gasteiger partial charge in [0.2, 0.25) is 0 Å². The summed E-state index contributed by atoms with van der Waals surface area (Å²) < 4.78 is 0. The quantitative estimate of drug-likeness (QED) is 0.167. The summed E-state index contributed by atoms with van der Waals surface area (Å²) in [5.41, 5.74) is 22.4. The first-order valence-corrected chi connectivity index (χ1v) is 21.0. The van der Waals surface area contributed by atoms with Crippen molar-refractivity contribution < 1.29 is 0 Å². The number of fused-ring (bicyclic) bond motifs is 7. The second kappa shape index (κ2) is 11.7. The van der Waals surface area contributed by atoms with E-state index in [2.05, 4.69) is 185 Å². The number of aryl methyl sites for hydroxylation is 2. The Morgan fingerprint density at radius 3 is 1.85 bits per heavy atom. The van der Waals surface area contributed by atoms with Crippen LogP contribution in [0.1, 0.15) is 135 Å². The lowest BCUT2D eigenvalue weighted by Crippen LogP contribution is -2.64. The van der Waals surface area contributed by atoms with Crippen molar-refractivity contribution in [2.24, 2.45) is 0 Å². The summed E-state index contributed by atoms with van der Waals surface area (Å²) in [6, 6.07) is 34.2. The van der Waals surface area contributed by atoms with Crippen LogP contribution in [0.2, 0.25) is 0 Å². The average Bonchev–Trinajstić information content (AvgIpc) is 3.32. The molecule has 9 rings (SSSR count). The van der Waals surface area contributed by atoms with Crippen molar-refractivity contribution in [1.82, 2.24) is 0 Å². The van der Waals surface area contributed by atoms with Crippen LogP contribution in [-0.4, -0.2) is 12.4 Å². The third kappa shape index (κ3) is 5.13. The molecule has 0 N–H and O–H groups in total. The molecule has 1 saturated carbocycles. The lowest BCUT2D eigenvalue weighted by Gasteiger charge is -2.53. The molecule has 5 aromatic rings. The molecule has 2 atom stereocenters. The zero-order chi connectivity index (χ0) is 39.2. The Labute approximate surface area is 332 Å². The maximum atomic E-state index is 2.89. The molecule has 3 aliphatic heterocycles. The van der Waals surface area contributed by atoms with Crippen LogP contribution in [-0.2, 0) is 21.7 Å². The van der Waals surface area contributed by atoms with Gasteiger partial charge in [-0.05, 0) is 141 Å². The molecular formula is C52H61BN2. The van der Waals surface area contributed by atoms with E-state index in [1.807, 2.05) is 0 Å². The second-order valence-electron chi connectivity index (χ2n) is 21.1. The van der Waals surface area contributed by atoms with Gasteiger partial charge in [0, 0.05) is 33.7 Å². The zero-order valence-electron chi connectivity index (χ0n) is 35.9. The fraction of sp³-hybridized carbons (Fsp3) is 0.423. The Bertz CT molecular complexity index is 2380. The molecule has 282 valence electrons. The summed E-state index contributed by atoms with van der Waals surface area (Å²) in [4.78, 5) is 5.64. The van der Waals surface area contributed by atoms with Crippen molar-refractivity contribution in [3.8, 4) is 22.3 Å². The van der Waals surface area contributed by atoms with Gasteiger partial charge in [-0.15, -0.1) is 0 Å². The SMILES string of the molecule is Cc1cccc(C)c1-c1cc2c3c(c1)N1c4c(cc(C(C)(C)C)cc4C4(C)CCCCC14C)B3N(c1ccc(C(C)(C)C)cc1)c1cc(C(C)(C)C)ccc1-2. The molecule has 3 heterocycles. The van der Waals surface area contributed by atoms with Gasteiger partial charge in [-0.3, -0.25) is 0 Å². The van der Waals surface area contributed by atoms with E-state index in [9.17, 15) is 0 Å². The van der Waals surface area contributed by atoms with E-state index >= 15 is 0 Å². The molecular weight excluding hydrogens is 663 g/mol. The molecule has 0 radical (unpaired) electrons. The highest BCUT2D eigenvalue weighted by atomic mass is 15.3. The van der Waals surface area contributed by atoms with Gasteiger partial charge in [0.15, 0.2) is 0 Å². The standard InChI is InChI=1S/C52H61BN2/c1-32-17-16-18-33(2)45(32)34-27-40-39-24-21-36(49(6,7)8)31-43(39)55(38-22-19-35(20-23-38)48(3,4)5)53-42-30-37(50(9,10)11)29-41-47(42)54(44(28-34)46(40)53)52(13)26-15-14-25-51(41,52)12/h16-24,27-31H,14-15,25-26H2,1-13H3. The van der Waals surface area contributed by atoms with Gasteiger partial charge in [0.25, 0.3) is 0 Å². The Balaban J connectivity index is 1.45. The highest BCUT2D eigenvalue weighted by molar-refractivity contribution is 6.93. The molecule has 5 aromatic carbocycles. The Morgan fingerprint density at radius 2 is 1.22 bits per heavy atom. The molecule has 2 unspecified atom stereocenters. The topological polar surface area (TPSA) is 6.48 Å². The van der Waals surface area contributed by atoms with E-state index < -0.39 is 0 Å². The summed E-state index contributed by atoms with van der Waals surface area (Å²) in [6.07, 6.45) is 4.96. The lowest BCUT2D eigenvalue weighted by molar-refractivity contribution is 0.195. The van der Waals surface area contributed by atoms with Crippen molar-refractivity contribution in [2.45, 2.75) is 143 Å². The molecule has 1 aliphatic carbocycles. The minimum atomic E-state index is -0.0352. The first-order chi connectivity index (χ1) is 25.7. The number of rotatable bonds is 2. The van der Waals surface area contributed by atoms with Crippen LogP contribution in [0.5, 0.6) is 0 Å². The van der Waals surface area contributed by atoms with Crippen LogP contribution in [0.4, 0.5) is 22.7 Å². The van der Waals surface area contributed by atoms with E-state index in [-0.39, 0.29) is 34.0 Å². The molecule has 0 aromatic heterocycles. The van der Waals surface area contributed by atoms with Crippen LogP contribution in [0.25, 0.3) is 22.3 Å². The number of anilines is 4. The van der Waals surface area contributed by atoms with Crippen molar-refractivity contribution >= 4 is 40.5 Å². The van der Waals surface area contributed by atoms with Gasteiger partial charge in [-0.2, -0.15) is 0 Å². The van der Waals surface area contributed by atoms with Gasteiger partial charge in [0.1, 0.15) is 0 Å². The van der Waals surface area contributed by atoms with Gasteiger partial charge in [-0.1, -0.05) is 137 Å². The molecule has 3 heteroatoms. The number of nitrogens with zero attached hydrogens (tertiary/aromatic N) is 2. The summed E-state index contributed by atoms with van der Waals surface area (Å²) in [5, 5.41) is 0. The van der Waals surface area contributed by atoms with Gasteiger partial charge in [0.05, 0.1) is 5.54 Å². The fourth-order valence-corrected chi connectivity index (χ4v) is 11.0. The largest absolute Gasteiger partial charge is 0.376 e. The smallest absolute Gasteiger partial charge is 0.333 e. The fourth-order valence-electron chi connectivity index (χ4n) is 11.0. The summed E-state index contributed by atoms with van der Waals surface area (Å²) in [6.45, 7) is 31.1. The van der Waals surface area contributed by atoms with Crippen LogP contribution in [0, 0.1) is 13.8 Å². The third-order valence-corrected chi connectivity index (χ3v) is 14.5. The molecule has 0 spiro atoms. The van der Waals surface area contributed by atoms with Gasteiger partial charge < -0.3 is 9.71 Å². The number of hydrogen-bond donors (Lipinski definition) is 0. The van der Waals surface area contributed by atoms with E-state index in [0.29, 0.717) is 0 Å². The molecule has 0 bridgehead atoms. The molecule has 0 saturated heterocycles. The Kier molecular flexibility index (Phi) is 7.71. The first-order valence-electron chi connectivity index (χ1n) is 21.0. The molecule has 4 aliphatic rings. The maximum Gasteiger partial charge on any atom is 0.333 e. The van der Waals surface area contributed by atoms with E-state index in [1.165, 1.54) is 109 Å². The zero-order valence-corrected chi connectivity index (χ0v) is 35.9. The first kappa shape index (κ1) is 36.4. The predicted octanol–water partition coefficient (Wildman–Crippen LogP) is 12.8. The van der Waals surface area contributed by atoms with Crippen LogP contribution in [0.15, 0.2) is 84.9 Å². The normalized spacial score (nSPS) is 21.3. The van der Waals surface area contributed by atoms with Crippen molar-refractivity contribution in [3.05, 3.63) is 118 Å². The van der Waals surface area contributed by atoms with Gasteiger partial charge >= 0.3 is 6.85 Å². The Morgan fingerprint density at radius 1 is 0.600 bits per heavy atom. The summed E-state index contributed by atoms with van der Waals surface area (Å²) >= 11 is 0. The van der Waals surface area contributed by atoms with Gasteiger partial charge in [-0.25, -0.2) is 0 Å². The monoisotopic (exact) mass is 724 g/mol. The minimum absolute atomic E-state index is 0.0119.